The van der Waals surface area contributed by atoms with E-state index < -0.39 is 0 Å². The van der Waals surface area contributed by atoms with E-state index >= 15 is 0 Å². The Bertz CT molecular complexity index is 853. The molecule has 0 spiro atoms. The van der Waals surface area contributed by atoms with Crippen LogP contribution in [0.2, 0.25) is 0 Å². The number of benzene rings is 1. The van der Waals surface area contributed by atoms with Gasteiger partial charge in [-0.15, -0.1) is 10.2 Å². The molecule has 0 saturated carbocycles. The van der Waals surface area contributed by atoms with Gasteiger partial charge in [0.1, 0.15) is 0 Å². The Morgan fingerprint density at radius 3 is 2.78 bits per heavy atom. The number of hydrogen-bond donors (Lipinski definition) is 1. The van der Waals surface area contributed by atoms with E-state index in [4.69, 9.17) is 0 Å². The van der Waals surface area contributed by atoms with E-state index in [0.717, 1.165) is 41.1 Å². The van der Waals surface area contributed by atoms with Crippen molar-refractivity contribution in [3.63, 3.8) is 0 Å². The topological polar surface area (TPSA) is 60.9 Å². The molecule has 2 saturated heterocycles. The average molecular weight is 306 g/mol. The molecule has 116 valence electrons. The highest BCUT2D eigenvalue weighted by atomic mass is 15.4. The number of nitrogens with zero attached hydrogens (tertiary/aromatic N) is 5. The summed E-state index contributed by atoms with van der Waals surface area (Å²) in [6.07, 6.45) is 3.08. The van der Waals surface area contributed by atoms with Gasteiger partial charge in [0.25, 0.3) is 0 Å². The van der Waals surface area contributed by atoms with Gasteiger partial charge in [0.15, 0.2) is 5.82 Å². The summed E-state index contributed by atoms with van der Waals surface area (Å²) in [5.41, 5.74) is 3.01. The summed E-state index contributed by atoms with van der Waals surface area (Å²) in [4.78, 5) is 4.85. The molecule has 2 bridgehead atoms. The summed E-state index contributed by atoms with van der Waals surface area (Å²) in [5, 5.41) is 17.1. The van der Waals surface area contributed by atoms with Crippen LogP contribution in [0.5, 0.6) is 0 Å². The predicted molar refractivity (Wildman–Crippen MR) is 89.3 cm³/mol. The van der Waals surface area contributed by atoms with E-state index in [1.807, 2.05) is 12.3 Å². The summed E-state index contributed by atoms with van der Waals surface area (Å²) in [7, 11) is 2.21. The maximum Gasteiger partial charge on any atom is 0.151 e. The van der Waals surface area contributed by atoms with Crippen LogP contribution in [0, 0.1) is 0 Å². The number of likely N-dealkylation sites (tertiary alicyclic amines) is 1. The SMILES string of the molecule is CN1C[C@@H]2C[C@H]1CN2c1ccc(-c2ccc3[nH]ncc3c2)nn1. The Morgan fingerprint density at radius 2 is 2.04 bits per heavy atom. The number of H-pyrrole nitrogens is 1. The molecular weight excluding hydrogens is 288 g/mol. The molecule has 2 aliphatic rings. The first-order chi connectivity index (χ1) is 11.3. The fourth-order valence-electron chi connectivity index (χ4n) is 3.88. The Morgan fingerprint density at radius 1 is 1.09 bits per heavy atom. The van der Waals surface area contributed by atoms with Crippen molar-refractivity contribution in [2.24, 2.45) is 0 Å². The Hall–Kier alpha value is -2.47. The maximum atomic E-state index is 4.48. The van der Waals surface area contributed by atoms with E-state index in [0.29, 0.717) is 12.1 Å². The standard InChI is InChI=1S/C17H18N6/c1-22-9-14-7-13(22)10-23(14)17-5-4-15(20-21-17)11-2-3-16-12(6-11)8-18-19-16/h2-6,8,13-14H,7,9-10H2,1H3,(H,18,19)/t13-,14-/m0/s1. The highest BCUT2D eigenvalue weighted by molar-refractivity contribution is 5.83. The third kappa shape index (κ3) is 2.02. The first-order valence-electron chi connectivity index (χ1n) is 8.02. The maximum absolute atomic E-state index is 4.48. The first-order valence-corrected chi connectivity index (χ1v) is 8.02. The highest BCUT2D eigenvalue weighted by Crippen LogP contribution is 2.32. The largest absolute Gasteiger partial charge is 0.349 e. The van der Waals surface area contributed by atoms with Crippen molar-refractivity contribution >= 4 is 16.7 Å². The van der Waals surface area contributed by atoms with Gasteiger partial charge in [0.2, 0.25) is 0 Å². The molecule has 2 aliphatic heterocycles. The van der Waals surface area contributed by atoms with Crippen LogP contribution in [0.4, 0.5) is 5.82 Å². The number of piperazine rings is 1. The van der Waals surface area contributed by atoms with E-state index in [9.17, 15) is 0 Å². The van der Waals surface area contributed by atoms with Gasteiger partial charge in [-0.3, -0.25) is 10.00 Å². The summed E-state index contributed by atoms with van der Waals surface area (Å²) < 4.78 is 0. The van der Waals surface area contributed by atoms with Crippen LogP contribution in [0.1, 0.15) is 6.42 Å². The number of anilines is 1. The lowest BCUT2D eigenvalue weighted by Crippen LogP contribution is -2.44. The van der Waals surface area contributed by atoms with E-state index in [-0.39, 0.29) is 0 Å². The molecule has 0 aliphatic carbocycles. The summed E-state index contributed by atoms with van der Waals surface area (Å²) in [6.45, 7) is 2.20. The molecule has 1 N–H and O–H groups in total. The van der Waals surface area contributed by atoms with Gasteiger partial charge in [0.05, 0.1) is 17.4 Å². The lowest BCUT2D eigenvalue weighted by atomic mass is 10.1. The van der Waals surface area contributed by atoms with Crippen molar-refractivity contribution in [2.75, 3.05) is 25.0 Å². The van der Waals surface area contributed by atoms with Crippen molar-refractivity contribution in [2.45, 2.75) is 18.5 Å². The molecule has 6 heteroatoms. The molecular formula is C17H18N6. The molecule has 2 atom stereocenters. The normalized spacial score (nSPS) is 24.0. The van der Waals surface area contributed by atoms with Crippen molar-refractivity contribution in [3.05, 3.63) is 36.5 Å². The molecule has 23 heavy (non-hydrogen) atoms. The second-order valence-corrected chi connectivity index (χ2v) is 6.58. The molecule has 2 aromatic heterocycles. The number of hydrogen-bond acceptors (Lipinski definition) is 5. The van der Waals surface area contributed by atoms with Gasteiger partial charge in [0, 0.05) is 36.1 Å². The molecule has 1 aromatic carbocycles. The molecule has 5 rings (SSSR count). The van der Waals surface area contributed by atoms with Gasteiger partial charge in [-0.05, 0) is 37.7 Å². The van der Waals surface area contributed by atoms with Gasteiger partial charge < -0.3 is 4.90 Å². The van der Waals surface area contributed by atoms with Gasteiger partial charge >= 0.3 is 0 Å². The zero-order valence-electron chi connectivity index (χ0n) is 13.0. The summed E-state index contributed by atoms with van der Waals surface area (Å²) >= 11 is 0. The number of nitrogens with one attached hydrogen (secondary N) is 1. The summed E-state index contributed by atoms with van der Waals surface area (Å²) in [5.74, 6) is 0.999. The molecule has 2 fully saturated rings. The van der Waals surface area contributed by atoms with Crippen LogP contribution >= 0.6 is 0 Å². The fraction of sp³-hybridized carbons (Fsp3) is 0.353. The van der Waals surface area contributed by atoms with Crippen LogP contribution in [0.25, 0.3) is 22.2 Å². The molecule has 3 aromatic rings. The number of aromatic amines is 1. The molecule has 0 radical (unpaired) electrons. The molecule has 4 heterocycles. The third-order valence-corrected chi connectivity index (χ3v) is 5.20. The predicted octanol–water partition coefficient (Wildman–Crippen LogP) is 1.91. The third-order valence-electron chi connectivity index (χ3n) is 5.20. The minimum absolute atomic E-state index is 0.590. The zero-order chi connectivity index (χ0) is 15.4. The van der Waals surface area contributed by atoms with Crippen LogP contribution in [-0.2, 0) is 0 Å². The fourth-order valence-corrected chi connectivity index (χ4v) is 3.88. The van der Waals surface area contributed by atoms with Crippen LogP contribution in [0.15, 0.2) is 36.5 Å². The molecule has 0 amide bonds. The van der Waals surface area contributed by atoms with E-state index in [2.05, 4.69) is 61.5 Å². The first kappa shape index (κ1) is 13.0. The van der Waals surface area contributed by atoms with Gasteiger partial charge in [-0.2, -0.15) is 5.10 Å². The smallest absolute Gasteiger partial charge is 0.151 e. The van der Waals surface area contributed by atoms with Crippen LogP contribution in [-0.4, -0.2) is 57.5 Å². The van der Waals surface area contributed by atoms with Crippen LogP contribution < -0.4 is 4.90 Å². The monoisotopic (exact) mass is 306 g/mol. The minimum atomic E-state index is 0.590. The van der Waals surface area contributed by atoms with Gasteiger partial charge in [-0.1, -0.05) is 6.07 Å². The zero-order valence-corrected chi connectivity index (χ0v) is 13.0. The minimum Gasteiger partial charge on any atom is -0.349 e. The van der Waals surface area contributed by atoms with E-state index in [1.54, 1.807) is 0 Å². The molecule has 6 nitrogen and oxygen atoms in total. The van der Waals surface area contributed by atoms with Crippen LogP contribution in [0.3, 0.4) is 0 Å². The highest BCUT2D eigenvalue weighted by Gasteiger charge is 2.41. The lowest BCUT2D eigenvalue weighted by molar-refractivity contribution is 0.292. The number of likely N-dealkylation sites (N-methyl/N-ethyl adjacent to an activating group) is 1. The van der Waals surface area contributed by atoms with E-state index in [1.165, 1.54) is 6.42 Å². The average Bonchev–Trinajstić information content (AvgIpc) is 3.29. The second kappa shape index (κ2) is 4.76. The Labute approximate surface area is 134 Å². The number of rotatable bonds is 2. The quantitative estimate of drug-likeness (QED) is 0.784. The van der Waals surface area contributed by atoms with Crippen molar-refractivity contribution in [1.29, 1.82) is 0 Å². The van der Waals surface area contributed by atoms with Gasteiger partial charge in [-0.25, -0.2) is 0 Å². The number of fused-ring (bicyclic) bond motifs is 3. The van der Waals surface area contributed by atoms with Crippen molar-refractivity contribution in [3.8, 4) is 11.3 Å². The second-order valence-electron chi connectivity index (χ2n) is 6.58. The Kier molecular flexibility index (Phi) is 2.69. The lowest BCUT2D eigenvalue weighted by Gasteiger charge is -2.32. The molecule has 0 unspecified atom stereocenters. The van der Waals surface area contributed by atoms with Crippen molar-refractivity contribution < 1.29 is 0 Å². The number of aromatic nitrogens is 4. The summed E-state index contributed by atoms with van der Waals surface area (Å²) in [6, 6.07) is 11.6. The van der Waals surface area contributed by atoms with Crippen molar-refractivity contribution in [1.82, 2.24) is 25.3 Å². The Balaban J connectivity index is 1.43.